The molecule has 1 aromatic rings. The Morgan fingerprint density at radius 2 is 1.93 bits per heavy atom. The van der Waals surface area contributed by atoms with Crippen LogP contribution in [0.25, 0.3) is 0 Å². The zero-order chi connectivity index (χ0) is 10.7. The fraction of sp³-hybridized carbons (Fsp3) is 0.455. The van der Waals surface area contributed by atoms with Gasteiger partial charge in [0.15, 0.2) is 0 Å². The van der Waals surface area contributed by atoms with Gasteiger partial charge in [0.2, 0.25) is 0 Å². The highest BCUT2D eigenvalue weighted by Gasteiger charge is 2.42. The predicted octanol–water partition coefficient (Wildman–Crippen LogP) is 2.24. The van der Waals surface area contributed by atoms with Crippen molar-refractivity contribution in [3.8, 4) is 5.75 Å². The minimum atomic E-state index is -2.43. The Bertz CT molecular complexity index is 336. The van der Waals surface area contributed by atoms with Crippen molar-refractivity contribution in [2.45, 2.75) is 18.9 Å². The van der Waals surface area contributed by atoms with E-state index >= 15 is 0 Å². The third-order valence-electron chi connectivity index (χ3n) is 2.79. The van der Waals surface area contributed by atoms with Crippen LogP contribution in [-0.2, 0) is 15.3 Å². The summed E-state index contributed by atoms with van der Waals surface area (Å²) in [5.41, 5.74) is 1.25. The first kappa shape index (κ1) is 10.7. The van der Waals surface area contributed by atoms with Gasteiger partial charge in [0, 0.05) is 20.3 Å². The molecule has 0 fully saturated rings. The maximum absolute atomic E-state index is 5.94. The molecule has 15 heavy (non-hydrogen) atoms. The zero-order valence-electron chi connectivity index (χ0n) is 9.16. The molecule has 0 atom stereocenters. The summed E-state index contributed by atoms with van der Waals surface area (Å²) in [6.07, 6.45) is 2.10. The number of rotatable bonds is 2. The van der Waals surface area contributed by atoms with Gasteiger partial charge in [-0.2, -0.15) is 0 Å². The van der Waals surface area contributed by atoms with Crippen LogP contribution >= 0.6 is 0 Å². The average Bonchev–Trinajstić information content (AvgIpc) is 2.48. The molecule has 3 nitrogen and oxygen atoms in total. The normalized spacial score (nSPS) is 18.8. The summed E-state index contributed by atoms with van der Waals surface area (Å²) in [5, 5.41) is 0. The van der Waals surface area contributed by atoms with E-state index in [2.05, 4.69) is 6.07 Å². The lowest BCUT2D eigenvalue weighted by atomic mass is 10.1. The fourth-order valence-corrected chi connectivity index (χ4v) is 3.88. The van der Waals surface area contributed by atoms with Crippen LogP contribution in [0.15, 0.2) is 24.3 Å². The molecule has 82 valence electrons. The van der Waals surface area contributed by atoms with Gasteiger partial charge in [0.25, 0.3) is 0 Å². The highest BCUT2D eigenvalue weighted by atomic mass is 28.4. The molecule has 1 aliphatic heterocycles. The van der Waals surface area contributed by atoms with Gasteiger partial charge in [0.05, 0.1) is 0 Å². The molecule has 2 rings (SSSR count). The lowest BCUT2D eigenvalue weighted by molar-refractivity contribution is 0.162. The van der Waals surface area contributed by atoms with Crippen molar-refractivity contribution in [1.82, 2.24) is 0 Å². The SMILES string of the molecule is CO[Si]1(OC)CCCc2ccccc2O1. The quantitative estimate of drug-likeness (QED) is 0.721. The minimum Gasteiger partial charge on any atom is -0.500 e. The molecule has 4 heteroatoms. The van der Waals surface area contributed by atoms with Crippen molar-refractivity contribution >= 4 is 8.80 Å². The number of hydrogen-bond donors (Lipinski definition) is 0. The Labute approximate surface area is 91.3 Å². The molecule has 0 radical (unpaired) electrons. The van der Waals surface area contributed by atoms with Crippen molar-refractivity contribution in [3.05, 3.63) is 29.8 Å². The molecule has 0 N–H and O–H groups in total. The molecule has 0 saturated carbocycles. The molecule has 1 aromatic carbocycles. The van der Waals surface area contributed by atoms with E-state index in [1.165, 1.54) is 5.56 Å². The van der Waals surface area contributed by atoms with E-state index in [4.69, 9.17) is 13.3 Å². The largest absolute Gasteiger partial charge is 0.565 e. The Kier molecular flexibility index (Phi) is 3.09. The van der Waals surface area contributed by atoms with Crippen molar-refractivity contribution in [1.29, 1.82) is 0 Å². The van der Waals surface area contributed by atoms with Gasteiger partial charge in [-0.15, -0.1) is 0 Å². The molecule has 0 unspecified atom stereocenters. The highest BCUT2D eigenvalue weighted by Crippen LogP contribution is 2.30. The van der Waals surface area contributed by atoms with Gasteiger partial charge < -0.3 is 13.3 Å². The van der Waals surface area contributed by atoms with Gasteiger partial charge in [-0.05, 0) is 24.5 Å². The predicted molar refractivity (Wildman–Crippen MR) is 60.0 cm³/mol. The monoisotopic (exact) mass is 224 g/mol. The van der Waals surface area contributed by atoms with Crippen LogP contribution in [-0.4, -0.2) is 23.0 Å². The molecule has 0 amide bonds. The van der Waals surface area contributed by atoms with E-state index in [1.807, 2.05) is 18.2 Å². The number of benzene rings is 1. The summed E-state index contributed by atoms with van der Waals surface area (Å²) >= 11 is 0. The lowest BCUT2D eigenvalue weighted by Crippen LogP contribution is -2.46. The molecule has 1 aliphatic rings. The molecule has 0 aromatic heterocycles. The first-order valence-electron chi connectivity index (χ1n) is 5.17. The number of aryl methyl sites for hydroxylation is 1. The van der Waals surface area contributed by atoms with E-state index in [0.717, 1.165) is 24.6 Å². The van der Waals surface area contributed by atoms with Crippen LogP contribution in [0.2, 0.25) is 6.04 Å². The molecule has 0 bridgehead atoms. The van der Waals surface area contributed by atoms with Crippen LogP contribution in [0.1, 0.15) is 12.0 Å². The van der Waals surface area contributed by atoms with Crippen molar-refractivity contribution < 1.29 is 13.3 Å². The second-order valence-corrected chi connectivity index (χ2v) is 6.54. The first-order chi connectivity index (χ1) is 7.29. The Morgan fingerprint density at radius 3 is 2.67 bits per heavy atom. The van der Waals surface area contributed by atoms with Crippen molar-refractivity contribution in [3.63, 3.8) is 0 Å². The summed E-state index contributed by atoms with van der Waals surface area (Å²) in [4.78, 5) is 0. The molecular weight excluding hydrogens is 208 g/mol. The Balaban J connectivity index is 2.31. The maximum Gasteiger partial charge on any atom is 0.565 e. The van der Waals surface area contributed by atoms with Crippen LogP contribution in [0.5, 0.6) is 5.75 Å². The molecule has 0 saturated heterocycles. The number of hydrogen-bond acceptors (Lipinski definition) is 3. The van der Waals surface area contributed by atoms with E-state index in [1.54, 1.807) is 14.2 Å². The van der Waals surface area contributed by atoms with Crippen molar-refractivity contribution in [2.24, 2.45) is 0 Å². The van der Waals surface area contributed by atoms with E-state index in [9.17, 15) is 0 Å². The van der Waals surface area contributed by atoms with E-state index in [-0.39, 0.29) is 0 Å². The number of fused-ring (bicyclic) bond motifs is 1. The summed E-state index contributed by atoms with van der Waals surface area (Å²) in [7, 11) is 0.908. The van der Waals surface area contributed by atoms with Gasteiger partial charge in [-0.3, -0.25) is 0 Å². The smallest absolute Gasteiger partial charge is 0.500 e. The summed E-state index contributed by atoms with van der Waals surface area (Å²) in [5.74, 6) is 0.922. The molecule has 0 aliphatic carbocycles. The second kappa shape index (κ2) is 4.34. The standard InChI is InChI=1S/C11H16O3Si/c1-12-15(13-2)9-5-7-10-6-3-4-8-11(10)14-15/h3-4,6,8H,5,7,9H2,1-2H3. The molecule has 1 heterocycles. The summed E-state index contributed by atoms with van der Waals surface area (Å²) in [6, 6.07) is 8.99. The Hall–Kier alpha value is -0.843. The van der Waals surface area contributed by atoms with Gasteiger partial charge >= 0.3 is 8.80 Å². The maximum atomic E-state index is 5.94. The lowest BCUT2D eigenvalue weighted by Gasteiger charge is -2.25. The van der Waals surface area contributed by atoms with Gasteiger partial charge in [-0.25, -0.2) is 0 Å². The van der Waals surface area contributed by atoms with Gasteiger partial charge in [-0.1, -0.05) is 18.2 Å². The van der Waals surface area contributed by atoms with Crippen molar-refractivity contribution in [2.75, 3.05) is 14.2 Å². The van der Waals surface area contributed by atoms with Crippen LogP contribution < -0.4 is 4.43 Å². The van der Waals surface area contributed by atoms with Crippen LogP contribution in [0, 0.1) is 0 Å². The molecule has 0 spiro atoms. The van der Waals surface area contributed by atoms with Crippen LogP contribution in [0.4, 0.5) is 0 Å². The van der Waals surface area contributed by atoms with Crippen LogP contribution in [0.3, 0.4) is 0 Å². The Morgan fingerprint density at radius 1 is 1.20 bits per heavy atom. The zero-order valence-corrected chi connectivity index (χ0v) is 10.2. The average molecular weight is 224 g/mol. The van der Waals surface area contributed by atoms with E-state index in [0.29, 0.717) is 0 Å². The number of para-hydroxylation sites is 1. The topological polar surface area (TPSA) is 27.7 Å². The third-order valence-corrected chi connectivity index (χ3v) is 5.53. The minimum absolute atomic E-state index is 0.884. The summed E-state index contributed by atoms with van der Waals surface area (Å²) < 4.78 is 16.9. The second-order valence-electron chi connectivity index (χ2n) is 3.65. The third kappa shape index (κ3) is 2.07. The van der Waals surface area contributed by atoms with Gasteiger partial charge in [0.1, 0.15) is 5.75 Å². The first-order valence-corrected chi connectivity index (χ1v) is 7.10. The van der Waals surface area contributed by atoms with E-state index < -0.39 is 8.80 Å². The highest BCUT2D eigenvalue weighted by molar-refractivity contribution is 6.61. The summed E-state index contributed by atoms with van der Waals surface area (Å²) in [6.45, 7) is 0. The fourth-order valence-electron chi connectivity index (χ4n) is 1.89. The molecular formula is C11H16O3Si.